The smallest absolute Gasteiger partial charge is 0.298 e. The Kier molecular flexibility index (Phi) is 6.05. The lowest BCUT2D eigenvalue weighted by atomic mass is 10.1. The Balaban J connectivity index is 1.34. The molecule has 0 aliphatic carbocycles. The van der Waals surface area contributed by atoms with E-state index in [1.165, 1.54) is 11.5 Å². The second-order valence-corrected chi connectivity index (χ2v) is 7.73. The number of hydrogen-bond acceptors (Lipinski definition) is 6. The largest absolute Gasteiger partial charge is 0.497 e. The van der Waals surface area contributed by atoms with Crippen molar-refractivity contribution in [2.45, 2.75) is 25.7 Å². The molecule has 0 saturated carbocycles. The van der Waals surface area contributed by atoms with Crippen molar-refractivity contribution in [1.29, 1.82) is 0 Å². The lowest BCUT2D eigenvalue weighted by Crippen LogP contribution is -2.28. The van der Waals surface area contributed by atoms with Gasteiger partial charge in [-0.25, -0.2) is 0 Å². The highest BCUT2D eigenvalue weighted by Gasteiger charge is 2.18. The fraction of sp³-hybridized carbons (Fsp3) is 0.318. The first-order chi connectivity index (χ1) is 14.2. The average molecular weight is 410 g/mol. The molecule has 150 valence electrons. The van der Waals surface area contributed by atoms with Crippen molar-refractivity contribution in [1.82, 2.24) is 14.3 Å². The van der Waals surface area contributed by atoms with Crippen LogP contribution in [-0.2, 0) is 17.6 Å². The van der Waals surface area contributed by atoms with Gasteiger partial charge in [-0.15, -0.1) is 0 Å². The van der Waals surface area contributed by atoms with Crippen molar-refractivity contribution in [3.63, 3.8) is 0 Å². The molecule has 2 heterocycles. The van der Waals surface area contributed by atoms with Crippen molar-refractivity contribution in [3.05, 3.63) is 65.5 Å². The van der Waals surface area contributed by atoms with Crippen LogP contribution in [0, 0.1) is 0 Å². The molecule has 6 nitrogen and oxygen atoms in total. The summed E-state index contributed by atoms with van der Waals surface area (Å²) in [5.41, 5.74) is 2.07. The summed E-state index contributed by atoms with van der Waals surface area (Å²) in [7, 11) is 1.65. The number of methoxy groups -OCH3 is 1. The Morgan fingerprint density at radius 1 is 1.07 bits per heavy atom. The molecule has 0 unspecified atom stereocenters. The van der Waals surface area contributed by atoms with Crippen LogP contribution in [0.1, 0.15) is 29.8 Å². The van der Waals surface area contributed by atoms with Gasteiger partial charge >= 0.3 is 0 Å². The molecule has 1 saturated heterocycles. The lowest BCUT2D eigenvalue weighted by Gasteiger charge is -2.15. The molecule has 0 N–H and O–H groups in total. The fourth-order valence-corrected chi connectivity index (χ4v) is 3.91. The summed E-state index contributed by atoms with van der Waals surface area (Å²) in [6, 6.07) is 15.5. The van der Waals surface area contributed by atoms with Crippen molar-refractivity contribution in [3.8, 4) is 16.7 Å². The number of ether oxygens (including phenoxy) is 2. The van der Waals surface area contributed by atoms with E-state index >= 15 is 0 Å². The highest BCUT2D eigenvalue weighted by atomic mass is 32.1. The molecular formula is C22H23N3O3S. The summed E-state index contributed by atoms with van der Waals surface area (Å²) >= 11 is 1.23. The van der Waals surface area contributed by atoms with Crippen LogP contribution >= 0.6 is 11.5 Å². The van der Waals surface area contributed by atoms with Crippen molar-refractivity contribution in [2.75, 3.05) is 20.2 Å². The summed E-state index contributed by atoms with van der Waals surface area (Å²) in [5.74, 6) is 2.41. The second-order valence-electron chi connectivity index (χ2n) is 7.02. The molecule has 29 heavy (non-hydrogen) atoms. The monoisotopic (exact) mass is 409 g/mol. The quantitative estimate of drug-likeness (QED) is 0.588. The highest BCUT2D eigenvalue weighted by Crippen LogP contribution is 2.25. The number of carbonyl (C=O) groups excluding carboxylic acids is 1. The van der Waals surface area contributed by atoms with E-state index in [1.54, 1.807) is 7.11 Å². The van der Waals surface area contributed by atoms with E-state index in [0.29, 0.717) is 29.6 Å². The molecule has 1 aliphatic heterocycles. The van der Waals surface area contributed by atoms with Gasteiger partial charge in [0.15, 0.2) is 5.82 Å². The van der Waals surface area contributed by atoms with Crippen LogP contribution in [0.15, 0.2) is 48.5 Å². The molecule has 0 spiro atoms. The number of likely N-dealkylation sites (tertiary alicyclic amines) is 1. The molecule has 2 aromatic carbocycles. The minimum absolute atomic E-state index is 0.197. The minimum atomic E-state index is 0.197. The molecule has 1 aromatic heterocycles. The Bertz CT molecular complexity index is 965. The zero-order valence-electron chi connectivity index (χ0n) is 16.3. The second kappa shape index (κ2) is 9.05. The molecule has 0 radical (unpaired) electrons. The Hall–Kier alpha value is -2.93. The number of hydrogen-bond donors (Lipinski definition) is 0. The molecular weight excluding hydrogens is 386 g/mol. The van der Waals surface area contributed by atoms with E-state index in [2.05, 4.69) is 9.36 Å². The summed E-state index contributed by atoms with van der Waals surface area (Å²) in [6.07, 6.45) is 3.28. The molecule has 1 fully saturated rings. The van der Waals surface area contributed by atoms with Gasteiger partial charge in [-0.1, -0.05) is 24.3 Å². The van der Waals surface area contributed by atoms with Crippen molar-refractivity contribution < 1.29 is 14.3 Å². The predicted octanol–water partition coefficient (Wildman–Crippen LogP) is 4.09. The first kappa shape index (κ1) is 19.4. The Labute approximate surface area is 174 Å². The summed E-state index contributed by atoms with van der Waals surface area (Å²) in [4.78, 5) is 18.7. The third-order valence-electron chi connectivity index (χ3n) is 4.89. The third kappa shape index (κ3) is 5.12. The Morgan fingerprint density at radius 3 is 2.62 bits per heavy atom. The number of amides is 1. The van der Waals surface area contributed by atoms with Crippen LogP contribution in [0.5, 0.6) is 16.7 Å². The zero-order chi connectivity index (χ0) is 20.1. The standard InChI is InChI=1S/C22H23N3O3S/c1-27-19-6-4-5-17(13-19)14-20-23-22(29-24-20)28-18-9-7-16(8-10-18)15-21(26)25-11-2-3-12-25/h4-10,13H,2-3,11-12,14-15H2,1H3. The molecule has 0 atom stereocenters. The van der Waals surface area contributed by atoms with Crippen LogP contribution < -0.4 is 9.47 Å². The minimum Gasteiger partial charge on any atom is -0.497 e. The van der Waals surface area contributed by atoms with Crippen LogP contribution in [0.3, 0.4) is 0 Å². The SMILES string of the molecule is COc1cccc(Cc2nsc(Oc3ccc(CC(=O)N4CCCC4)cc3)n2)c1. The lowest BCUT2D eigenvalue weighted by molar-refractivity contribution is -0.129. The summed E-state index contributed by atoms with van der Waals surface area (Å²) in [5, 5.41) is 0.504. The van der Waals surface area contributed by atoms with Gasteiger partial charge in [-0.2, -0.15) is 9.36 Å². The molecule has 7 heteroatoms. The van der Waals surface area contributed by atoms with Gasteiger partial charge in [-0.05, 0) is 48.2 Å². The van der Waals surface area contributed by atoms with Crippen molar-refractivity contribution in [2.24, 2.45) is 0 Å². The van der Waals surface area contributed by atoms with E-state index in [9.17, 15) is 4.79 Å². The van der Waals surface area contributed by atoms with Gasteiger partial charge in [0.1, 0.15) is 11.5 Å². The zero-order valence-corrected chi connectivity index (χ0v) is 17.2. The molecule has 1 aliphatic rings. The number of rotatable bonds is 7. The molecule has 0 bridgehead atoms. The number of nitrogens with zero attached hydrogens (tertiary/aromatic N) is 3. The molecule has 4 rings (SSSR count). The number of aromatic nitrogens is 2. The van der Waals surface area contributed by atoms with Gasteiger partial charge in [0.05, 0.1) is 13.5 Å². The van der Waals surface area contributed by atoms with Crippen LogP contribution in [0.25, 0.3) is 0 Å². The van der Waals surface area contributed by atoms with Crippen LogP contribution in [-0.4, -0.2) is 40.4 Å². The van der Waals surface area contributed by atoms with E-state index in [-0.39, 0.29) is 5.91 Å². The van der Waals surface area contributed by atoms with Crippen LogP contribution in [0.4, 0.5) is 0 Å². The summed E-state index contributed by atoms with van der Waals surface area (Å²) in [6.45, 7) is 1.77. The van der Waals surface area contributed by atoms with Gasteiger partial charge in [0.25, 0.3) is 5.19 Å². The van der Waals surface area contributed by atoms with Gasteiger partial charge < -0.3 is 14.4 Å². The summed E-state index contributed by atoms with van der Waals surface area (Å²) < 4.78 is 15.5. The third-order valence-corrected chi connectivity index (χ3v) is 5.52. The normalized spacial score (nSPS) is 13.5. The predicted molar refractivity (Wildman–Crippen MR) is 112 cm³/mol. The maximum atomic E-state index is 12.3. The van der Waals surface area contributed by atoms with Crippen molar-refractivity contribution >= 4 is 17.4 Å². The van der Waals surface area contributed by atoms with Crippen LogP contribution in [0.2, 0.25) is 0 Å². The van der Waals surface area contributed by atoms with Gasteiger partial charge in [-0.3, -0.25) is 4.79 Å². The molecule has 3 aromatic rings. The topological polar surface area (TPSA) is 64.6 Å². The number of carbonyl (C=O) groups is 1. The van der Waals surface area contributed by atoms with E-state index in [4.69, 9.17) is 9.47 Å². The first-order valence-corrected chi connectivity index (χ1v) is 10.5. The van der Waals surface area contributed by atoms with Gasteiger partial charge in [0, 0.05) is 31.0 Å². The average Bonchev–Trinajstić information content (AvgIpc) is 3.42. The highest BCUT2D eigenvalue weighted by molar-refractivity contribution is 7.07. The Morgan fingerprint density at radius 2 is 1.86 bits per heavy atom. The van der Waals surface area contributed by atoms with E-state index < -0.39 is 0 Å². The first-order valence-electron chi connectivity index (χ1n) is 9.70. The van der Waals surface area contributed by atoms with Gasteiger partial charge in [0.2, 0.25) is 5.91 Å². The number of benzene rings is 2. The van der Waals surface area contributed by atoms with E-state index in [0.717, 1.165) is 42.8 Å². The maximum Gasteiger partial charge on any atom is 0.298 e. The van der Waals surface area contributed by atoms with E-state index in [1.807, 2.05) is 53.4 Å². The molecule has 1 amide bonds. The maximum absolute atomic E-state index is 12.3. The fourth-order valence-electron chi connectivity index (χ4n) is 3.35.